The summed E-state index contributed by atoms with van der Waals surface area (Å²) in [4.78, 5) is 33.6. The van der Waals surface area contributed by atoms with E-state index in [4.69, 9.17) is 9.72 Å². The van der Waals surface area contributed by atoms with Crippen molar-refractivity contribution in [3.63, 3.8) is 0 Å². The number of rotatable bonds is 9. The number of nitrogens with zero attached hydrogens (tertiary/aromatic N) is 3. The number of amides is 1. The van der Waals surface area contributed by atoms with E-state index in [-0.39, 0.29) is 23.0 Å². The highest BCUT2D eigenvalue weighted by atomic mass is 32.2. The van der Waals surface area contributed by atoms with Gasteiger partial charge in [0.1, 0.15) is 16.3 Å². The Balaban J connectivity index is 1.44. The molecule has 0 saturated carbocycles. The topological polar surface area (TPSA) is 106 Å². The lowest BCUT2D eigenvalue weighted by atomic mass is 9.97. The van der Waals surface area contributed by atoms with Crippen molar-refractivity contribution in [2.45, 2.75) is 51.1 Å². The third-order valence-corrected chi connectivity index (χ3v) is 8.67. The maximum Gasteiger partial charge on any atom is 0.267 e. The number of benzene rings is 2. The monoisotopic (exact) mass is 562 g/mol. The van der Waals surface area contributed by atoms with E-state index >= 15 is 0 Å². The third kappa shape index (κ3) is 5.86. The fourth-order valence-electron chi connectivity index (χ4n) is 4.66. The molecule has 0 aliphatic heterocycles. The molecule has 5 rings (SSSR count). The van der Waals surface area contributed by atoms with E-state index in [0.717, 1.165) is 47.4 Å². The minimum Gasteiger partial charge on any atom is -0.508 e. The lowest BCUT2D eigenvalue weighted by Crippen LogP contribution is -2.25. The number of phenolic OH excluding ortho intramolecular Hbond substituents is 1. The number of aryl methyl sites for hydroxylation is 2. The van der Waals surface area contributed by atoms with Crippen LogP contribution in [0.1, 0.15) is 49.1 Å². The first kappa shape index (κ1) is 27.0. The second-order valence-corrected chi connectivity index (χ2v) is 11.2. The zero-order chi connectivity index (χ0) is 27.4. The van der Waals surface area contributed by atoms with Crippen LogP contribution in [0.15, 0.2) is 63.6 Å². The van der Waals surface area contributed by atoms with E-state index in [1.807, 2.05) is 38.1 Å². The highest BCUT2D eigenvalue weighted by Crippen LogP contribution is 2.35. The van der Waals surface area contributed by atoms with Gasteiger partial charge in [-0.25, -0.2) is 10.4 Å². The molecule has 1 aliphatic carbocycles. The second kappa shape index (κ2) is 12.0. The Morgan fingerprint density at radius 1 is 1.13 bits per heavy atom. The molecule has 202 valence electrons. The average Bonchev–Trinajstić information content (AvgIpc) is 3.33. The molecule has 2 aromatic carbocycles. The Hall–Kier alpha value is -3.63. The number of hydrogen-bond donors (Lipinski definition) is 2. The molecule has 0 unspecified atom stereocenters. The standard InChI is InChI=1S/C29H30N4O4S2/c1-3-23(18-9-13-20(34)14-10-18)31-32-25(35)17-38-29-30-27-26(22-7-5-6-8-24(22)39-27)28(36)33(29)19-11-15-21(16-12-19)37-4-2/h9-16,34H,3-8,17H2,1-2H3,(H,32,35)/b31-23+. The Bertz CT molecular complexity index is 1570. The predicted octanol–water partition coefficient (Wildman–Crippen LogP) is 5.45. The van der Waals surface area contributed by atoms with E-state index in [0.29, 0.717) is 35.0 Å². The number of ether oxygens (including phenoxy) is 1. The minimum atomic E-state index is -0.303. The number of carbonyl (C=O) groups excluding carboxylic acids is 1. The largest absolute Gasteiger partial charge is 0.508 e. The SMILES string of the molecule is CCOc1ccc(-n2c(SCC(=O)N/N=C(\CC)c3ccc(O)cc3)nc3sc4c(c3c2=O)CCCC4)cc1. The van der Waals surface area contributed by atoms with Crippen LogP contribution in [0.25, 0.3) is 15.9 Å². The number of aromatic nitrogens is 2. The van der Waals surface area contributed by atoms with Crippen molar-refractivity contribution in [2.24, 2.45) is 5.10 Å². The highest BCUT2D eigenvalue weighted by molar-refractivity contribution is 7.99. The number of thiophene rings is 1. The Labute approximate surface area is 234 Å². The summed E-state index contributed by atoms with van der Waals surface area (Å²) in [5, 5.41) is 15.0. The van der Waals surface area contributed by atoms with Gasteiger partial charge in [0.2, 0.25) is 0 Å². The fourth-order valence-corrected chi connectivity index (χ4v) is 6.77. The first-order valence-electron chi connectivity index (χ1n) is 13.1. The van der Waals surface area contributed by atoms with Crippen molar-refractivity contribution in [1.29, 1.82) is 0 Å². The lowest BCUT2D eigenvalue weighted by Gasteiger charge is -2.14. The van der Waals surface area contributed by atoms with Gasteiger partial charge in [-0.1, -0.05) is 18.7 Å². The summed E-state index contributed by atoms with van der Waals surface area (Å²) in [6, 6.07) is 14.1. The highest BCUT2D eigenvalue weighted by Gasteiger charge is 2.23. The van der Waals surface area contributed by atoms with Crippen molar-refractivity contribution in [3.05, 3.63) is 74.9 Å². The summed E-state index contributed by atoms with van der Waals surface area (Å²) in [5.74, 6) is 0.631. The first-order chi connectivity index (χ1) is 19.0. The van der Waals surface area contributed by atoms with Crippen LogP contribution < -0.4 is 15.7 Å². The van der Waals surface area contributed by atoms with Crippen LogP contribution in [0.2, 0.25) is 0 Å². The van der Waals surface area contributed by atoms with Crippen LogP contribution in [-0.4, -0.2) is 38.6 Å². The van der Waals surface area contributed by atoms with Crippen LogP contribution in [0.5, 0.6) is 11.5 Å². The number of fused-ring (bicyclic) bond motifs is 3. The van der Waals surface area contributed by atoms with Crippen LogP contribution in [-0.2, 0) is 17.6 Å². The lowest BCUT2D eigenvalue weighted by molar-refractivity contribution is -0.118. The Morgan fingerprint density at radius 3 is 2.59 bits per heavy atom. The van der Waals surface area contributed by atoms with E-state index in [2.05, 4.69) is 10.5 Å². The molecule has 2 heterocycles. The number of thioether (sulfide) groups is 1. The summed E-state index contributed by atoms with van der Waals surface area (Å²) >= 11 is 2.80. The minimum absolute atomic E-state index is 0.0378. The summed E-state index contributed by atoms with van der Waals surface area (Å²) in [6.45, 7) is 4.43. The quantitative estimate of drug-likeness (QED) is 0.122. The van der Waals surface area contributed by atoms with E-state index < -0.39 is 0 Å². The number of hydrazone groups is 1. The predicted molar refractivity (Wildman–Crippen MR) is 157 cm³/mol. The molecule has 0 bridgehead atoms. The van der Waals surface area contributed by atoms with Crippen molar-refractivity contribution in [1.82, 2.24) is 15.0 Å². The Kier molecular flexibility index (Phi) is 8.33. The van der Waals surface area contributed by atoms with Gasteiger partial charge in [-0.15, -0.1) is 11.3 Å². The average molecular weight is 563 g/mol. The van der Waals surface area contributed by atoms with Gasteiger partial charge >= 0.3 is 0 Å². The van der Waals surface area contributed by atoms with Crippen molar-refractivity contribution in [2.75, 3.05) is 12.4 Å². The zero-order valence-electron chi connectivity index (χ0n) is 21.9. The number of hydrogen-bond acceptors (Lipinski definition) is 8. The van der Waals surface area contributed by atoms with E-state index in [1.165, 1.54) is 16.6 Å². The van der Waals surface area contributed by atoms with Gasteiger partial charge in [-0.2, -0.15) is 5.10 Å². The molecule has 10 heteroatoms. The van der Waals surface area contributed by atoms with Crippen LogP contribution in [0.4, 0.5) is 0 Å². The van der Waals surface area contributed by atoms with Gasteiger partial charge in [0.05, 0.1) is 29.1 Å². The molecule has 1 aliphatic rings. The summed E-state index contributed by atoms with van der Waals surface area (Å²) in [5.41, 5.74) is 5.84. The summed E-state index contributed by atoms with van der Waals surface area (Å²) in [6.07, 6.45) is 4.67. The van der Waals surface area contributed by atoms with Gasteiger partial charge < -0.3 is 9.84 Å². The molecule has 0 fully saturated rings. The molecule has 2 N–H and O–H groups in total. The maximum atomic E-state index is 13.9. The van der Waals surface area contributed by atoms with Crippen molar-refractivity contribution in [3.8, 4) is 17.2 Å². The molecular weight excluding hydrogens is 532 g/mol. The normalized spacial score (nSPS) is 13.3. The molecular formula is C29H30N4O4S2. The van der Waals surface area contributed by atoms with E-state index in [9.17, 15) is 14.7 Å². The number of nitrogens with one attached hydrogen (secondary N) is 1. The van der Waals surface area contributed by atoms with Crippen LogP contribution in [0.3, 0.4) is 0 Å². The number of aromatic hydroxyl groups is 1. The third-order valence-electron chi connectivity index (χ3n) is 6.55. The molecule has 0 atom stereocenters. The molecule has 2 aromatic heterocycles. The smallest absolute Gasteiger partial charge is 0.267 e. The Morgan fingerprint density at radius 2 is 1.87 bits per heavy atom. The van der Waals surface area contributed by atoms with Gasteiger partial charge in [-0.3, -0.25) is 14.2 Å². The molecule has 8 nitrogen and oxygen atoms in total. The van der Waals surface area contributed by atoms with Gasteiger partial charge in [0, 0.05) is 4.88 Å². The second-order valence-electron chi connectivity index (χ2n) is 9.14. The first-order valence-corrected chi connectivity index (χ1v) is 14.9. The van der Waals surface area contributed by atoms with E-state index in [1.54, 1.807) is 40.2 Å². The fraction of sp³-hybridized carbons (Fsp3) is 0.310. The number of phenols is 1. The van der Waals surface area contributed by atoms with Gasteiger partial charge in [0.25, 0.3) is 11.5 Å². The van der Waals surface area contributed by atoms with Crippen LogP contribution in [0, 0.1) is 0 Å². The molecule has 4 aromatic rings. The van der Waals surface area contributed by atoms with Gasteiger partial charge in [0.15, 0.2) is 5.16 Å². The molecule has 0 saturated heterocycles. The maximum absolute atomic E-state index is 13.9. The van der Waals surface area contributed by atoms with Crippen molar-refractivity contribution >= 4 is 44.9 Å². The molecule has 39 heavy (non-hydrogen) atoms. The number of carbonyl (C=O) groups is 1. The summed E-state index contributed by atoms with van der Waals surface area (Å²) in [7, 11) is 0. The van der Waals surface area contributed by atoms with Crippen LogP contribution >= 0.6 is 23.1 Å². The zero-order valence-corrected chi connectivity index (χ0v) is 23.5. The summed E-state index contributed by atoms with van der Waals surface area (Å²) < 4.78 is 7.18. The van der Waals surface area contributed by atoms with Gasteiger partial charge in [-0.05, 0) is 98.7 Å². The molecule has 0 radical (unpaired) electrons. The molecule has 1 amide bonds. The van der Waals surface area contributed by atoms with Crippen molar-refractivity contribution < 1.29 is 14.6 Å². The molecule has 0 spiro atoms.